The standard InChI is InChI=1S/C16H15N3O/c1-2-13-14(16(17)20)9-18-19-10-12(8-15(13)19)11-6-4-3-5-7-11/h3-10H,2H2,1H3,(H2,17,20). The van der Waals surface area contributed by atoms with Crippen LogP contribution in [0.15, 0.2) is 48.8 Å². The van der Waals surface area contributed by atoms with Crippen LogP contribution < -0.4 is 5.73 Å². The largest absolute Gasteiger partial charge is 0.366 e. The van der Waals surface area contributed by atoms with Crippen molar-refractivity contribution in [2.45, 2.75) is 13.3 Å². The highest BCUT2D eigenvalue weighted by atomic mass is 16.1. The SMILES string of the molecule is CCc1c(C(N)=O)cnn2cc(-c3ccccc3)cc12. The molecule has 0 atom stereocenters. The quantitative estimate of drug-likeness (QED) is 0.791. The minimum Gasteiger partial charge on any atom is -0.366 e. The van der Waals surface area contributed by atoms with Gasteiger partial charge in [-0.2, -0.15) is 5.10 Å². The predicted octanol–water partition coefficient (Wildman–Crippen LogP) is 2.66. The summed E-state index contributed by atoms with van der Waals surface area (Å²) in [4.78, 5) is 11.5. The number of carbonyl (C=O) groups excluding carboxylic acids is 1. The lowest BCUT2D eigenvalue weighted by Crippen LogP contribution is -2.15. The molecule has 0 saturated carbocycles. The zero-order valence-electron chi connectivity index (χ0n) is 11.2. The number of nitrogens with zero attached hydrogens (tertiary/aromatic N) is 2. The van der Waals surface area contributed by atoms with E-state index in [-0.39, 0.29) is 0 Å². The van der Waals surface area contributed by atoms with Crippen LogP contribution in [0.25, 0.3) is 16.6 Å². The van der Waals surface area contributed by atoms with E-state index in [0.29, 0.717) is 5.56 Å². The first-order chi connectivity index (χ1) is 9.70. The lowest BCUT2D eigenvalue weighted by atomic mass is 10.1. The Hall–Kier alpha value is -2.62. The topological polar surface area (TPSA) is 60.4 Å². The average molecular weight is 265 g/mol. The van der Waals surface area contributed by atoms with Crippen LogP contribution >= 0.6 is 0 Å². The van der Waals surface area contributed by atoms with E-state index in [2.05, 4.69) is 17.2 Å². The summed E-state index contributed by atoms with van der Waals surface area (Å²) in [5, 5.41) is 4.27. The number of benzene rings is 1. The molecule has 0 unspecified atom stereocenters. The number of fused-ring (bicyclic) bond motifs is 1. The molecule has 0 bridgehead atoms. The van der Waals surface area contributed by atoms with E-state index in [1.807, 2.05) is 37.4 Å². The Bertz CT molecular complexity index is 775. The first kappa shape index (κ1) is 12.4. The molecule has 4 nitrogen and oxygen atoms in total. The van der Waals surface area contributed by atoms with Gasteiger partial charge < -0.3 is 5.73 Å². The van der Waals surface area contributed by atoms with E-state index in [1.165, 1.54) is 0 Å². The highest BCUT2D eigenvalue weighted by Gasteiger charge is 2.13. The van der Waals surface area contributed by atoms with Gasteiger partial charge in [0.1, 0.15) is 0 Å². The zero-order valence-corrected chi connectivity index (χ0v) is 11.2. The molecule has 20 heavy (non-hydrogen) atoms. The molecule has 2 heterocycles. The number of hydrogen-bond donors (Lipinski definition) is 1. The van der Waals surface area contributed by atoms with Crippen molar-refractivity contribution in [1.29, 1.82) is 0 Å². The molecule has 2 N–H and O–H groups in total. The molecule has 0 aliphatic heterocycles. The van der Waals surface area contributed by atoms with Gasteiger partial charge in [0.25, 0.3) is 5.91 Å². The van der Waals surface area contributed by atoms with Crippen molar-refractivity contribution in [1.82, 2.24) is 9.61 Å². The van der Waals surface area contributed by atoms with Crippen LogP contribution in [0.5, 0.6) is 0 Å². The minimum absolute atomic E-state index is 0.431. The van der Waals surface area contributed by atoms with Gasteiger partial charge in [-0.3, -0.25) is 4.79 Å². The highest BCUT2D eigenvalue weighted by molar-refractivity contribution is 5.96. The fourth-order valence-electron chi connectivity index (χ4n) is 2.48. The van der Waals surface area contributed by atoms with Crippen molar-refractivity contribution < 1.29 is 4.79 Å². The molecule has 0 fully saturated rings. The Morgan fingerprint density at radius 3 is 2.65 bits per heavy atom. The number of rotatable bonds is 3. The third-order valence-electron chi connectivity index (χ3n) is 3.47. The Kier molecular flexibility index (Phi) is 2.99. The maximum Gasteiger partial charge on any atom is 0.250 e. The number of aryl methyl sites for hydroxylation is 1. The number of aromatic nitrogens is 2. The van der Waals surface area contributed by atoms with Gasteiger partial charge in [0, 0.05) is 11.8 Å². The van der Waals surface area contributed by atoms with Crippen LogP contribution in [-0.4, -0.2) is 15.5 Å². The average Bonchev–Trinajstić information content (AvgIpc) is 2.91. The van der Waals surface area contributed by atoms with E-state index in [0.717, 1.165) is 28.6 Å². The maximum absolute atomic E-state index is 11.5. The molecular weight excluding hydrogens is 250 g/mol. The first-order valence-electron chi connectivity index (χ1n) is 6.56. The van der Waals surface area contributed by atoms with E-state index in [1.54, 1.807) is 10.7 Å². The van der Waals surface area contributed by atoms with Gasteiger partial charge in [0.15, 0.2) is 0 Å². The highest BCUT2D eigenvalue weighted by Crippen LogP contribution is 2.25. The van der Waals surface area contributed by atoms with Gasteiger partial charge in [-0.25, -0.2) is 4.52 Å². The first-order valence-corrected chi connectivity index (χ1v) is 6.56. The number of primary amides is 1. The summed E-state index contributed by atoms with van der Waals surface area (Å²) >= 11 is 0. The van der Waals surface area contributed by atoms with Gasteiger partial charge in [-0.15, -0.1) is 0 Å². The smallest absolute Gasteiger partial charge is 0.250 e. The predicted molar refractivity (Wildman–Crippen MR) is 78.5 cm³/mol. The monoisotopic (exact) mass is 265 g/mol. The normalized spacial score (nSPS) is 10.8. The van der Waals surface area contributed by atoms with Gasteiger partial charge >= 0.3 is 0 Å². The van der Waals surface area contributed by atoms with E-state index in [9.17, 15) is 4.79 Å². The lowest BCUT2D eigenvalue weighted by Gasteiger charge is -2.05. The molecule has 0 aliphatic rings. The van der Waals surface area contributed by atoms with Gasteiger partial charge in [-0.1, -0.05) is 37.3 Å². The minimum atomic E-state index is -0.431. The summed E-state index contributed by atoms with van der Waals surface area (Å²) in [6, 6.07) is 12.1. The second-order valence-electron chi connectivity index (χ2n) is 4.68. The molecule has 2 aromatic heterocycles. The Labute approximate surface area is 116 Å². The van der Waals surface area contributed by atoms with Crippen LogP contribution in [-0.2, 0) is 6.42 Å². The Morgan fingerprint density at radius 1 is 1.25 bits per heavy atom. The van der Waals surface area contributed by atoms with E-state index < -0.39 is 5.91 Å². The molecule has 1 amide bonds. The van der Waals surface area contributed by atoms with Gasteiger partial charge in [-0.05, 0) is 23.6 Å². The zero-order chi connectivity index (χ0) is 14.1. The molecule has 1 aromatic carbocycles. The van der Waals surface area contributed by atoms with Gasteiger partial charge in [0.05, 0.1) is 17.3 Å². The fraction of sp³-hybridized carbons (Fsp3) is 0.125. The summed E-state index contributed by atoms with van der Waals surface area (Å²) < 4.78 is 1.80. The lowest BCUT2D eigenvalue weighted by molar-refractivity contribution is 0.0999. The summed E-state index contributed by atoms with van der Waals surface area (Å²) in [6.07, 6.45) is 4.25. The summed E-state index contributed by atoms with van der Waals surface area (Å²) in [6.45, 7) is 2.01. The summed E-state index contributed by atoms with van der Waals surface area (Å²) in [5.74, 6) is -0.431. The third-order valence-corrected chi connectivity index (χ3v) is 3.47. The number of amides is 1. The molecule has 4 heteroatoms. The number of hydrogen-bond acceptors (Lipinski definition) is 2. The molecule has 100 valence electrons. The molecule has 0 radical (unpaired) electrons. The van der Waals surface area contributed by atoms with Crippen molar-refractivity contribution in [2.24, 2.45) is 5.73 Å². The van der Waals surface area contributed by atoms with E-state index >= 15 is 0 Å². The van der Waals surface area contributed by atoms with Crippen LogP contribution in [0.1, 0.15) is 22.8 Å². The molecule has 0 saturated heterocycles. The van der Waals surface area contributed by atoms with Gasteiger partial charge in [0.2, 0.25) is 0 Å². The van der Waals surface area contributed by atoms with Crippen molar-refractivity contribution >= 4 is 11.4 Å². The third kappa shape index (κ3) is 1.95. The molecule has 0 spiro atoms. The van der Waals surface area contributed by atoms with Crippen LogP contribution in [0.2, 0.25) is 0 Å². The molecule has 3 aromatic rings. The molecule has 0 aliphatic carbocycles. The number of carbonyl (C=O) groups is 1. The van der Waals surface area contributed by atoms with Crippen LogP contribution in [0, 0.1) is 0 Å². The van der Waals surface area contributed by atoms with Crippen molar-refractivity contribution in [3.8, 4) is 11.1 Å². The molecule has 3 rings (SSSR count). The Balaban J connectivity index is 2.23. The molecular formula is C16H15N3O. The maximum atomic E-state index is 11.5. The second kappa shape index (κ2) is 4.81. The Morgan fingerprint density at radius 2 is 2.00 bits per heavy atom. The van der Waals surface area contributed by atoms with Crippen molar-refractivity contribution in [2.75, 3.05) is 0 Å². The second-order valence-corrected chi connectivity index (χ2v) is 4.68. The van der Waals surface area contributed by atoms with Crippen LogP contribution in [0.4, 0.5) is 0 Å². The van der Waals surface area contributed by atoms with Crippen molar-refractivity contribution in [3.63, 3.8) is 0 Å². The van der Waals surface area contributed by atoms with Crippen molar-refractivity contribution in [3.05, 3.63) is 59.9 Å². The van der Waals surface area contributed by atoms with E-state index in [4.69, 9.17) is 5.73 Å². The van der Waals surface area contributed by atoms with Crippen LogP contribution in [0.3, 0.4) is 0 Å². The summed E-state index contributed by atoms with van der Waals surface area (Å²) in [7, 11) is 0. The fourth-order valence-corrected chi connectivity index (χ4v) is 2.48. The number of nitrogens with two attached hydrogens (primary N) is 1. The summed E-state index contributed by atoms with van der Waals surface area (Å²) in [5.41, 5.74) is 9.99.